The minimum atomic E-state index is -1.37. The highest BCUT2D eigenvalue weighted by atomic mass is 16.4. The third-order valence-electron chi connectivity index (χ3n) is 2.04. The van der Waals surface area contributed by atoms with Crippen molar-refractivity contribution >= 4 is 17.7 Å². The summed E-state index contributed by atoms with van der Waals surface area (Å²) in [6.45, 7) is -0.707. The van der Waals surface area contributed by atoms with Crippen molar-refractivity contribution in [1.82, 2.24) is 5.32 Å². The molecule has 0 saturated carbocycles. The molecule has 4 N–H and O–H groups in total. The number of carbonyl (C=O) groups is 2. The molecule has 1 atom stereocenters. The average molecular weight is 249 g/mol. The summed E-state index contributed by atoms with van der Waals surface area (Å²) >= 11 is 0. The largest absolute Gasteiger partial charge is 0.480 e. The minimum absolute atomic E-state index is 0.355. The Morgan fingerprint density at radius 1 is 1.44 bits per heavy atom. The molecule has 0 bridgehead atoms. The van der Waals surface area contributed by atoms with E-state index in [1.54, 1.807) is 18.2 Å². The lowest BCUT2D eigenvalue weighted by Crippen LogP contribution is -2.45. The third-order valence-corrected chi connectivity index (χ3v) is 2.04. The number of hydrogen-bond acceptors (Lipinski definition) is 4. The van der Waals surface area contributed by atoms with Gasteiger partial charge in [-0.1, -0.05) is 6.07 Å². The molecule has 0 spiro atoms. The van der Waals surface area contributed by atoms with Crippen molar-refractivity contribution in [3.8, 4) is 6.07 Å². The summed E-state index contributed by atoms with van der Waals surface area (Å²) < 4.78 is 0. The van der Waals surface area contributed by atoms with Gasteiger partial charge in [-0.2, -0.15) is 5.26 Å². The Morgan fingerprint density at radius 3 is 2.72 bits per heavy atom. The van der Waals surface area contributed by atoms with Crippen LogP contribution in [0.15, 0.2) is 24.3 Å². The van der Waals surface area contributed by atoms with E-state index in [4.69, 9.17) is 15.5 Å². The van der Waals surface area contributed by atoms with Gasteiger partial charge in [0.1, 0.15) is 0 Å². The molecular formula is C11H11N3O4. The Balaban J connectivity index is 2.64. The first-order valence-electron chi connectivity index (χ1n) is 4.98. The molecule has 7 heteroatoms. The van der Waals surface area contributed by atoms with E-state index in [2.05, 4.69) is 10.6 Å². The van der Waals surface area contributed by atoms with Crippen molar-refractivity contribution in [1.29, 1.82) is 5.26 Å². The van der Waals surface area contributed by atoms with Crippen molar-refractivity contribution in [2.24, 2.45) is 0 Å². The number of carboxylic acids is 1. The van der Waals surface area contributed by atoms with Crippen LogP contribution in [0.4, 0.5) is 10.5 Å². The van der Waals surface area contributed by atoms with Gasteiger partial charge in [-0.15, -0.1) is 0 Å². The summed E-state index contributed by atoms with van der Waals surface area (Å²) in [5.41, 5.74) is 0.721. The summed E-state index contributed by atoms with van der Waals surface area (Å²) in [6, 6.07) is 5.90. The Bertz CT molecular complexity index is 495. The van der Waals surface area contributed by atoms with Crippen LogP contribution in [0.3, 0.4) is 0 Å². The molecule has 0 aliphatic heterocycles. The average Bonchev–Trinajstić information content (AvgIpc) is 2.35. The number of nitrogens with zero attached hydrogens (tertiary/aromatic N) is 1. The normalized spacial score (nSPS) is 11.1. The molecule has 1 aromatic carbocycles. The zero-order valence-electron chi connectivity index (χ0n) is 9.25. The number of hydrogen-bond donors (Lipinski definition) is 4. The van der Waals surface area contributed by atoms with Gasteiger partial charge in [-0.3, -0.25) is 0 Å². The first kappa shape index (κ1) is 13.5. The number of benzene rings is 1. The van der Waals surface area contributed by atoms with Crippen molar-refractivity contribution < 1.29 is 19.8 Å². The van der Waals surface area contributed by atoms with Crippen molar-refractivity contribution in [3.63, 3.8) is 0 Å². The summed E-state index contributed by atoms with van der Waals surface area (Å²) in [5.74, 6) is -1.33. The fraction of sp³-hybridized carbons (Fsp3) is 0.182. The first-order valence-corrected chi connectivity index (χ1v) is 4.98. The monoisotopic (exact) mass is 249 g/mol. The van der Waals surface area contributed by atoms with Gasteiger partial charge in [0.25, 0.3) is 0 Å². The van der Waals surface area contributed by atoms with Crippen molar-refractivity contribution in [2.45, 2.75) is 6.04 Å². The number of anilines is 1. The highest BCUT2D eigenvalue weighted by molar-refractivity contribution is 5.92. The second-order valence-corrected chi connectivity index (χ2v) is 3.36. The number of aliphatic hydroxyl groups is 1. The number of carboxylic acid groups (broad SMARTS) is 1. The molecule has 0 saturated heterocycles. The van der Waals surface area contributed by atoms with Gasteiger partial charge >= 0.3 is 12.0 Å². The Kier molecular flexibility index (Phi) is 4.66. The number of carbonyl (C=O) groups excluding carboxylic acids is 1. The van der Waals surface area contributed by atoms with Crippen molar-refractivity contribution in [2.75, 3.05) is 11.9 Å². The molecule has 0 fully saturated rings. The minimum Gasteiger partial charge on any atom is -0.480 e. The quantitative estimate of drug-likeness (QED) is 0.603. The van der Waals surface area contributed by atoms with Gasteiger partial charge in [0.05, 0.1) is 18.2 Å². The van der Waals surface area contributed by atoms with Crippen LogP contribution in [0.5, 0.6) is 0 Å². The van der Waals surface area contributed by atoms with Crippen LogP contribution in [0.1, 0.15) is 5.56 Å². The lowest BCUT2D eigenvalue weighted by molar-refractivity contribution is -0.140. The molecule has 0 heterocycles. The van der Waals surface area contributed by atoms with Gasteiger partial charge in [-0.05, 0) is 18.2 Å². The third kappa shape index (κ3) is 3.77. The molecular weight excluding hydrogens is 238 g/mol. The van der Waals surface area contributed by atoms with E-state index < -0.39 is 24.6 Å². The van der Waals surface area contributed by atoms with Crippen LogP contribution in [0.2, 0.25) is 0 Å². The maximum Gasteiger partial charge on any atom is 0.328 e. The second-order valence-electron chi connectivity index (χ2n) is 3.36. The van der Waals surface area contributed by atoms with E-state index in [9.17, 15) is 9.59 Å². The molecule has 7 nitrogen and oxygen atoms in total. The molecule has 2 amide bonds. The van der Waals surface area contributed by atoms with Gasteiger partial charge in [0.15, 0.2) is 6.04 Å². The van der Waals surface area contributed by atoms with E-state index in [0.717, 1.165) is 0 Å². The summed E-state index contributed by atoms with van der Waals surface area (Å²) in [5, 5.41) is 30.4. The van der Waals surface area contributed by atoms with E-state index in [0.29, 0.717) is 11.3 Å². The van der Waals surface area contributed by atoms with Gasteiger partial charge in [0.2, 0.25) is 0 Å². The smallest absolute Gasteiger partial charge is 0.328 e. The Morgan fingerprint density at radius 2 is 2.17 bits per heavy atom. The molecule has 1 aromatic rings. The molecule has 0 aliphatic rings. The van der Waals surface area contributed by atoms with Crippen LogP contribution in [-0.4, -0.2) is 34.9 Å². The molecule has 94 valence electrons. The number of urea groups is 1. The fourth-order valence-electron chi connectivity index (χ4n) is 1.18. The predicted octanol–water partition coefficient (Wildman–Crippen LogP) is 0.125. The number of aliphatic carboxylic acids is 1. The van der Waals surface area contributed by atoms with Gasteiger partial charge in [-0.25, -0.2) is 9.59 Å². The topological polar surface area (TPSA) is 122 Å². The fourth-order valence-corrected chi connectivity index (χ4v) is 1.18. The van der Waals surface area contributed by atoms with Crippen LogP contribution >= 0.6 is 0 Å². The Hall–Kier alpha value is -2.59. The Labute approximate surface area is 103 Å². The van der Waals surface area contributed by atoms with Crippen LogP contribution in [0.25, 0.3) is 0 Å². The second kappa shape index (κ2) is 6.22. The van der Waals surface area contributed by atoms with Crippen LogP contribution in [0, 0.1) is 11.3 Å². The number of rotatable bonds is 4. The van der Waals surface area contributed by atoms with Crippen LogP contribution < -0.4 is 10.6 Å². The number of nitriles is 1. The molecule has 0 unspecified atom stereocenters. The van der Waals surface area contributed by atoms with Gasteiger partial charge < -0.3 is 20.8 Å². The van der Waals surface area contributed by atoms with E-state index in [1.807, 2.05) is 6.07 Å². The number of nitrogens with one attached hydrogen (secondary N) is 2. The number of aliphatic hydroxyl groups excluding tert-OH is 1. The highest BCUT2D eigenvalue weighted by Crippen LogP contribution is 2.09. The standard InChI is InChI=1S/C11H11N3O4/c12-5-7-2-1-3-8(4-7)13-11(18)14-9(6-15)10(16)17/h1-4,9,15H,6H2,(H,16,17)(H2,13,14,18)/t9-/m1/s1. The van der Waals surface area contributed by atoms with E-state index in [-0.39, 0.29) is 0 Å². The molecule has 0 aromatic heterocycles. The maximum atomic E-state index is 11.4. The lowest BCUT2D eigenvalue weighted by atomic mass is 10.2. The summed E-state index contributed by atoms with van der Waals surface area (Å²) in [6.07, 6.45) is 0. The first-order chi connectivity index (χ1) is 8.56. The predicted molar refractivity (Wildman–Crippen MR) is 61.8 cm³/mol. The van der Waals surface area contributed by atoms with E-state index in [1.165, 1.54) is 6.07 Å². The zero-order chi connectivity index (χ0) is 13.5. The molecule has 0 aliphatic carbocycles. The zero-order valence-corrected chi connectivity index (χ0v) is 9.25. The summed E-state index contributed by atoms with van der Waals surface area (Å²) in [7, 11) is 0. The molecule has 18 heavy (non-hydrogen) atoms. The molecule has 0 radical (unpaired) electrons. The van der Waals surface area contributed by atoms with E-state index >= 15 is 0 Å². The van der Waals surface area contributed by atoms with Crippen molar-refractivity contribution in [3.05, 3.63) is 29.8 Å². The SMILES string of the molecule is N#Cc1cccc(NC(=O)N[C@H](CO)C(=O)O)c1. The van der Waals surface area contributed by atoms with Crippen LogP contribution in [-0.2, 0) is 4.79 Å². The maximum absolute atomic E-state index is 11.4. The summed E-state index contributed by atoms with van der Waals surface area (Å²) in [4.78, 5) is 22.0. The molecule has 1 rings (SSSR count). The lowest BCUT2D eigenvalue weighted by Gasteiger charge is -2.12. The highest BCUT2D eigenvalue weighted by Gasteiger charge is 2.18. The number of amides is 2. The van der Waals surface area contributed by atoms with Gasteiger partial charge in [0, 0.05) is 5.69 Å².